The standard InChI is InChI=1S/C14H13NO4/c1-14(7-15)9-10(11(9)19-13(14)17)18-12(16)8-5-3-2-4-6-8/h2-6,9-11,13,17H,1H3/t9?,10?,11-,13?,14+/m0/s1. The first kappa shape index (κ1) is 12.2. The Morgan fingerprint density at radius 2 is 2.16 bits per heavy atom. The van der Waals surface area contributed by atoms with Gasteiger partial charge < -0.3 is 14.6 Å². The number of carbonyl (C=O) groups excluding carboxylic acids is 1. The number of esters is 1. The molecule has 98 valence electrons. The van der Waals surface area contributed by atoms with E-state index in [1.54, 1.807) is 31.2 Å². The second-order valence-corrected chi connectivity index (χ2v) is 5.11. The molecule has 0 radical (unpaired) electrons. The van der Waals surface area contributed by atoms with Crippen molar-refractivity contribution in [3.05, 3.63) is 35.9 Å². The third kappa shape index (κ3) is 1.72. The SMILES string of the molecule is C[C@]1(C#N)C(O)O[C@@H]2C(OC(=O)c3ccccc3)C21. The van der Waals surface area contributed by atoms with Gasteiger partial charge in [0, 0.05) is 0 Å². The molecule has 5 heteroatoms. The van der Waals surface area contributed by atoms with Gasteiger partial charge in [-0.15, -0.1) is 0 Å². The van der Waals surface area contributed by atoms with Crippen molar-refractivity contribution in [1.29, 1.82) is 5.26 Å². The van der Waals surface area contributed by atoms with E-state index in [-0.39, 0.29) is 12.0 Å². The maximum absolute atomic E-state index is 11.9. The Morgan fingerprint density at radius 3 is 2.79 bits per heavy atom. The van der Waals surface area contributed by atoms with Crippen molar-refractivity contribution in [2.45, 2.75) is 25.4 Å². The lowest BCUT2D eigenvalue weighted by Crippen LogP contribution is -2.33. The van der Waals surface area contributed by atoms with Gasteiger partial charge in [-0.3, -0.25) is 0 Å². The van der Waals surface area contributed by atoms with Crippen molar-refractivity contribution in [3.63, 3.8) is 0 Å². The number of benzene rings is 1. The summed E-state index contributed by atoms with van der Waals surface area (Å²) in [4.78, 5) is 11.9. The predicted octanol–water partition coefficient (Wildman–Crippen LogP) is 1.09. The van der Waals surface area contributed by atoms with Crippen LogP contribution in [0.2, 0.25) is 0 Å². The molecule has 1 aromatic carbocycles. The van der Waals surface area contributed by atoms with E-state index in [4.69, 9.17) is 14.7 Å². The maximum Gasteiger partial charge on any atom is 0.338 e. The van der Waals surface area contributed by atoms with Crippen LogP contribution < -0.4 is 0 Å². The second-order valence-electron chi connectivity index (χ2n) is 5.11. The van der Waals surface area contributed by atoms with Gasteiger partial charge in [-0.05, 0) is 19.1 Å². The molecule has 1 aliphatic carbocycles. The topological polar surface area (TPSA) is 79.6 Å². The molecule has 1 saturated carbocycles. The van der Waals surface area contributed by atoms with E-state index in [9.17, 15) is 9.90 Å². The highest BCUT2D eigenvalue weighted by atomic mass is 16.7. The first-order chi connectivity index (χ1) is 9.08. The van der Waals surface area contributed by atoms with Crippen LogP contribution in [0.4, 0.5) is 0 Å². The Bertz CT molecular complexity index is 552. The molecule has 5 nitrogen and oxygen atoms in total. The van der Waals surface area contributed by atoms with Gasteiger partial charge in [0.05, 0.1) is 17.6 Å². The molecule has 1 aliphatic heterocycles. The average Bonchev–Trinajstić information content (AvgIpc) is 3.03. The van der Waals surface area contributed by atoms with Gasteiger partial charge in [0.15, 0.2) is 6.29 Å². The molecule has 3 rings (SSSR count). The number of ether oxygens (including phenoxy) is 2. The van der Waals surface area contributed by atoms with Crippen LogP contribution >= 0.6 is 0 Å². The van der Waals surface area contributed by atoms with Gasteiger partial charge in [-0.2, -0.15) is 5.26 Å². The van der Waals surface area contributed by atoms with E-state index in [2.05, 4.69) is 6.07 Å². The third-order valence-electron chi connectivity index (χ3n) is 3.88. The Labute approximate surface area is 110 Å². The number of hydrogen-bond donors (Lipinski definition) is 1. The lowest BCUT2D eigenvalue weighted by Gasteiger charge is -2.22. The van der Waals surface area contributed by atoms with Crippen molar-refractivity contribution < 1.29 is 19.4 Å². The Balaban J connectivity index is 1.70. The molecule has 1 saturated heterocycles. The van der Waals surface area contributed by atoms with Crippen LogP contribution in [0.3, 0.4) is 0 Å². The van der Waals surface area contributed by atoms with Gasteiger partial charge in [0.2, 0.25) is 0 Å². The van der Waals surface area contributed by atoms with Crippen molar-refractivity contribution in [1.82, 2.24) is 0 Å². The van der Waals surface area contributed by atoms with Crippen LogP contribution in [0, 0.1) is 22.7 Å². The maximum atomic E-state index is 11.9. The molecule has 2 aliphatic rings. The fourth-order valence-corrected chi connectivity index (χ4v) is 2.59. The number of hydrogen-bond acceptors (Lipinski definition) is 5. The fourth-order valence-electron chi connectivity index (χ4n) is 2.59. The van der Waals surface area contributed by atoms with Gasteiger partial charge in [-0.1, -0.05) is 18.2 Å². The van der Waals surface area contributed by atoms with Gasteiger partial charge in [0.25, 0.3) is 0 Å². The van der Waals surface area contributed by atoms with Crippen LogP contribution in [-0.4, -0.2) is 29.6 Å². The number of rotatable bonds is 2. The van der Waals surface area contributed by atoms with Crippen LogP contribution in [0.1, 0.15) is 17.3 Å². The van der Waals surface area contributed by atoms with Crippen molar-refractivity contribution in [3.8, 4) is 6.07 Å². The van der Waals surface area contributed by atoms with Crippen molar-refractivity contribution in [2.75, 3.05) is 0 Å². The Kier molecular flexibility index (Phi) is 2.59. The van der Waals surface area contributed by atoms with E-state index in [0.717, 1.165) is 0 Å². The molecule has 5 atom stereocenters. The minimum atomic E-state index is -1.11. The number of carbonyl (C=O) groups is 1. The number of nitrogens with zero attached hydrogens (tertiary/aromatic N) is 1. The molecule has 1 heterocycles. The normalized spacial score (nSPS) is 39.2. The molecule has 3 unspecified atom stereocenters. The highest BCUT2D eigenvalue weighted by Crippen LogP contribution is 2.58. The second kappa shape index (κ2) is 4.05. The van der Waals surface area contributed by atoms with Crippen molar-refractivity contribution >= 4 is 5.97 Å². The van der Waals surface area contributed by atoms with Gasteiger partial charge in [0.1, 0.15) is 17.6 Å². The molecule has 2 fully saturated rings. The highest BCUT2D eigenvalue weighted by Gasteiger charge is 2.72. The molecule has 0 amide bonds. The number of aliphatic hydroxyl groups is 1. The fraction of sp³-hybridized carbons (Fsp3) is 0.429. The summed E-state index contributed by atoms with van der Waals surface area (Å²) in [6.45, 7) is 1.62. The quantitative estimate of drug-likeness (QED) is 0.804. The summed E-state index contributed by atoms with van der Waals surface area (Å²) in [5.41, 5.74) is -0.543. The van der Waals surface area contributed by atoms with Crippen molar-refractivity contribution in [2.24, 2.45) is 11.3 Å². The largest absolute Gasteiger partial charge is 0.456 e. The Morgan fingerprint density at radius 1 is 1.47 bits per heavy atom. The summed E-state index contributed by atoms with van der Waals surface area (Å²) < 4.78 is 10.6. The van der Waals surface area contributed by atoms with E-state index in [1.165, 1.54) is 0 Å². The van der Waals surface area contributed by atoms with E-state index in [1.807, 2.05) is 6.07 Å². The zero-order valence-electron chi connectivity index (χ0n) is 10.3. The summed E-state index contributed by atoms with van der Waals surface area (Å²) in [5.74, 6) is -0.682. The first-order valence-electron chi connectivity index (χ1n) is 6.09. The molecule has 0 bridgehead atoms. The van der Waals surface area contributed by atoms with Gasteiger partial charge in [-0.25, -0.2) is 4.79 Å². The molecular weight excluding hydrogens is 246 g/mol. The molecule has 19 heavy (non-hydrogen) atoms. The highest BCUT2D eigenvalue weighted by molar-refractivity contribution is 5.89. The van der Waals surface area contributed by atoms with Crippen LogP contribution in [0.5, 0.6) is 0 Å². The number of nitriles is 1. The summed E-state index contributed by atoms with van der Waals surface area (Å²) in [5, 5.41) is 18.8. The molecule has 1 N–H and O–H groups in total. The lowest BCUT2D eigenvalue weighted by molar-refractivity contribution is -0.139. The minimum absolute atomic E-state index is 0.250. The molecule has 0 aromatic heterocycles. The zero-order chi connectivity index (χ0) is 13.6. The average molecular weight is 259 g/mol. The summed E-state index contributed by atoms with van der Waals surface area (Å²) in [6.07, 6.45) is -1.92. The van der Waals surface area contributed by atoms with Crippen LogP contribution in [0.15, 0.2) is 30.3 Å². The summed E-state index contributed by atoms with van der Waals surface area (Å²) >= 11 is 0. The van der Waals surface area contributed by atoms with E-state index >= 15 is 0 Å². The number of fused-ring (bicyclic) bond motifs is 1. The summed E-state index contributed by atoms with van der Waals surface area (Å²) in [6, 6.07) is 10.7. The Hall–Kier alpha value is -1.90. The van der Waals surface area contributed by atoms with E-state index < -0.39 is 23.8 Å². The van der Waals surface area contributed by atoms with Crippen LogP contribution in [0.25, 0.3) is 0 Å². The minimum Gasteiger partial charge on any atom is -0.456 e. The molecular formula is C14H13NO4. The monoisotopic (exact) mass is 259 g/mol. The zero-order valence-corrected chi connectivity index (χ0v) is 10.3. The molecule has 1 aromatic rings. The van der Waals surface area contributed by atoms with Crippen LogP contribution in [-0.2, 0) is 9.47 Å². The smallest absolute Gasteiger partial charge is 0.338 e. The predicted molar refractivity (Wildman–Crippen MR) is 63.7 cm³/mol. The van der Waals surface area contributed by atoms with Gasteiger partial charge >= 0.3 is 5.97 Å². The first-order valence-corrected chi connectivity index (χ1v) is 6.09. The summed E-state index contributed by atoms with van der Waals surface area (Å²) in [7, 11) is 0. The van der Waals surface area contributed by atoms with E-state index in [0.29, 0.717) is 5.56 Å². The number of aliphatic hydroxyl groups excluding tert-OH is 1. The third-order valence-corrected chi connectivity index (χ3v) is 3.88. The lowest BCUT2D eigenvalue weighted by atomic mass is 9.87. The molecule has 0 spiro atoms.